The van der Waals surface area contributed by atoms with Crippen LogP contribution in [0.25, 0.3) is 0 Å². The van der Waals surface area contributed by atoms with Crippen molar-refractivity contribution in [3.63, 3.8) is 0 Å². The number of para-hydroxylation sites is 1. The Kier molecular flexibility index (Phi) is 10.1. The molecule has 45 heavy (non-hydrogen) atoms. The smallest absolute Gasteiger partial charge is 0.308 e. The minimum Gasteiger partial charge on any atom is -0.496 e. The number of carbonyl (C=O) groups is 2. The molecule has 3 atom stereocenters. The molecule has 1 N–H and O–H groups in total. The number of hydrogen-bond donors (Lipinski definition) is 1. The molecule has 2 aliphatic rings. The van der Waals surface area contributed by atoms with Gasteiger partial charge in [0, 0.05) is 42.7 Å². The number of fused-ring (bicyclic) bond motifs is 1. The van der Waals surface area contributed by atoms with Crippen molar-refractivity contribution in [1.29, 1.82) is 0 Å². The predicted molar refractivity (Wildman–Crippen MR) is 177 cm³/mol. The fourth-order valence-electron chi connectivity index (χ4n) is 6.96. The third kappa shape index (κ3) is 7.68. The Labute approximate surface area is 267 Å². The van der Waals surface area contributed by atoms with Crippen molar-refractivity contribution >= 4 is 17.6 Å². The third-order valence-corrected chi connectivity index (χ3v) is 9.05. The van der Waals surface area contributed by atoms with E-state index in [2.05, 4.69) is 51.2 Å². The average Bonchev–Trinajstić information content (AvgIpc) is 3.61. The molecule has 2 aliphatic heterocycles. The second kappa shape index (κ2) is 14.0. The van der Waals surface area contributed by atoms with Crippen molar-refractivity contribution in [2.45, 2.75) is 51.1 Å². The number of likely N-dealkylation sites (tertiary alicyclic amines) is 1. The Morgan fingerprint density at radius 1 is 1.07 bits per heavy atom. The zero-order chi connectivity index (χ0) is 32.1. The highest BCUT2D eigenvalue weighted by molar-refractivity contribution is 5.95. The highest BCUT2D eigenvalue weighted by Crippen LogP contribution is 2.42. The molecule has 0 aromatic heterocycles. The maximum absolute atomic E-state index is 14.3. The normalized spacial score (nSPS) is 19.6. The molecular formula is C37H48N3O5+. The van der Waals surface area contributed by atoms with Crippen LogP contribution in [0.4, 0.5) is 5.69 Å². The molecule has 8 heteroatoms. The fourth-order valence-corrected chi connectivity index (χ4v) is 6.96. The van der Waals surface area contributed by atoms with E-state index in [0.29, 0.717) is 26.1 Å². The number of benzene rings is 3. The largest absolute Gasteiger partial charge is 0.496 e. The Balaban J connectivity index is 1.48. The van der Waals surface area contributed by atoms with Crippen LogP contribution in [-0.2, 0) is 29.0 Å². The van der Waals surface area contributed by atoms with Crippen LogP contribution in [0.15, 0.2) is 66.7 Å². The molecule has 0 unspecified atom stereocenters. The molecule has 8 nitrogen and oxygen atoms in total. The van der Waals surface area contributed by atoms with E-state index >= 15 is 0 Å². The Bertz CT molecular complexity index is 1500. The van der Waals surface area contributed by atoms with Gasteiger partial charge in [-0.25, -0.2) is 0 Å². The molecule has 0 aliphatic carbocycles. The molecule has 1 fully saturated rings. The van der Waals surface area contributed by atoms with E-state index in [1.54, 1.807) is 7.11 Å². The highest BCUT2D eigenvalue weighted by atomic mass is 16.5. The third-order valence-electron chi connectivity index (χ3n) is 9.05. The average molecular weight is 615 g/mol. The SMILES string of the molecule is CCCCN(C(=O)CN1C[C@H](c2ccc3c(c2)CCO3)[C@@H](C(=O)O)[C@@H]1Cc1ccccc1OC)c1cccc(C[N+](C)(C)C)c1. The van der Waals surface area contributed by atoms with Crippen molar-refractivity contribution in [2.24, 2.45) is 5.92 Å². The predicted octanol–water partition coefficient (Wildman–Crippen LogP) is 5.38. The van der Waals surface area contributed by atoms with Gasteiger partial charge in [-0.15, -0.1) is 0 Å². The van der Waals surface area contributed by atoms with E-state index in [4.69, 9.17) is 9.47 Å². The summed E-state index contributed by atoms with van der Waals surface area (Å²) in [5.74, 6) is -0.214. The topological polar surface area (TPSA) is 79.3 Å². The molecule has 3 aromatic rings. The van der Waals surface area contributed by atoms with E-state index in [1.165, 1.54) is 5.56 Å². The number of carboxylic acid groups (broad SMARTS) is 1. The molecular weight excluding hydrogens is 566 g/mol. The van der Waals surface area contributed by atoms with Crippen molar-refractivity contribution in [1.82, 2.24) is 4.90 Å². The minimum atomic E-state index is -0.845. The number of carbonyl (C=O) groups excluding carboxylic acids is 1. The maximum Gasteiger partial charge on any atom is 0.308 e. The first-order valence-corrected chi connectivity index (χ1v) is 16.1. The molecule has 0 radical (unpaired) electrons. The summed E-state index contributed by atoms with van der Waals surface area (Å²) in [5, 5.41) is 10.7. The van der Waals surface area contributed by atoms with Gasteiger partial charge >= 0.3 is 5.97 Å². The van der Waals surface area contributed by atoms with Gasteiger partial charge in [0.15, 0.2) is 0 Å². The van der Waals surface area contributed by atoms with Crippen LogP contribution >= 0.6 is 0 Å². The van der Waals surface area contributed by atoms with Gasteiger partial charge in [0.05, 0.1) is 47.3 Å². The number of quaternary nitrogens is 1. The van der Waals surface area contributed by atoms with Crippen molar-refractivity contribution in [2.75, 3.05) is 59.4 Å². The highest BCUT2D eigenvalue weighted by Gasteiger charge is 2.47. The van der Waals surface area contributed by atoms with E-state index in [1.807, 2.05) is 53.4 Å². The number of rotatable bonds is 13. The number of amides is 1. The van der Waals surface area contributed by atoms with Gasteiger partial charge in [0.1, 0.15) is 18.0 Å². The summed E-state index contributed by atoms with van der Waals surface area (Å²) in [6, 6.07) is 21.7. The fraction of sp³-hybridized carbons (Fsp3) is 0.459. The van der Waals surface area contributed by atoms with Crippen molar-refractivity contribution < 1.29 is 28.7 Å². The summed E-state index contributed by atoms with van der Waals surface area (Å²) in [7, 11) is 8.11. The zero-order valence-corrected chi connectivity index (χ0v) is 27.4. The van der Waals surface area contributed by atoms with Crippen LogP contribution in [-0.4, -0.2) is 86.9 Å². The number of hydrogen-bond acceptors (Lipinski definition) is 5. The Morgan fingerprint density at radius 2 is 1.87 bits per heavy atom. The van der Waals surface area contributed by atoms with Crippen LogP contribution in [0.3, 0.4) is 0 Å². The van der Waals surface area contributed by atoms with E-state index in [0.717, 1.165) is 64.2 Å². The molecule has 0 bridgehead atoms. The summed E-state index contributed by atoms with van der Waals surface area (Å²) in [5.41, 5.74) is 5.11. The summed E-state index contributed by atoms with van der Waals surface area (Å²) in [6.07, 6.45) is 3.13. The first kappa shape index (κ1) is 32.5. The number of anilines is 1. The lowest BCUT2D eigenvalue weighted by Crippen LogP contribution is -2.45. The van der Waals surface area contributed by atoms with E-state index < -0.39 is 17.9 Å². The summed E-state index contributed by atoms with van der Waals surface area (Å²) < 4.78 is 12.2. The van der Waals surface area contributed by atoms with Gasteiger partial charge in [-0.1, -0.05) is 55.8 Å². The van der Waals surface area contributed by atoms with Gasteiger partial charge in [0.25, 0.3) is 0 Å². The minimum absolute atomic E-state index is 0.0111. The van der Waals surface area contributed by atoms with Crippen LogP contribution in [0.5, 0.6) is 11.5 Å². The van der Waals surface area contributed by atoms with Crippen LogP contribution in [0, 0.1) is 5.92 Å². The second-order valence-corrected chi connectivity index (χ2v) is 13.5. The van der Waals surface area contributed by atoms with Crippen LogP contribution in [0.1, 0.15) is 47.9 Å². The van der Waals surface area contributed by atoms with Gasteiger partial charge in [-0.3, -0.25) is 14.5 Å². The van der Waals surface area contributed by atoms with Crippen molar-refractivity contribution in [3.8, 4) is 11.5 Å². The number of aliphatic carboxylic acids is 1. The standard InChI is InChI=1S/C37H47N3O5/c1-6-7-18-39(30-13-10-11-26(20-30)25-40(2,3)4)35(41)24-38-23-31(27-15-16-34-29(21-27)17-19-45-34)36(37(42)43)32(38)22-28-12-8-9-14-33(28)44-5/h8-16,20-21,31-32,36H,6-7,17-19,22-25H2,1-5H3/p+1/t31-,32+,36-/m1/s1. The number of unbranched alkanes of at least 4 members (excludes halogenated alkanes) is 1. The van der Waals surface area contributed by atoms with Crippen LogP contribution < -0.4 is 14.4 Å². The molecule has 1 saturated heterocycles. The quantitative estimate of drug-likeness (QED) is 0.261. The van der Waals surface area contributed by atoms with E-state index in [9.17, 15) is 14.7 Å². The second-order valence-electron chi connectivity index (χ2n) is 13.5. The Hall–Kier alpha value is -3.88. The summed E-state index contributed by atoms with van der Waals surface area (Å²) in [4.78, 5) is 31.4. The van der Waals surface area contributed by atoms with Gasteiger partial charge in [-0.05, 0) is 53.8 Å². The maximum atomic E-state index is 14.3. The molecule has 3 aromatic carbocycles. The monoisotopic (exact) mass is 614 g/mol. The summed E-state index contributed by atoms with van der Waals surface area (Å²) in [6.45, 7) is 4.86. The van der Waals surface area contributed by atoms with Gasteiger partial charge in [-0.2, -0.15) is 0 Å². The molecule has 5 rings (SSSR count). The Morgan fingerprint density at radius 3 is 2.60 bits per heavy atom. The lowest BCUT2D eigenvalue weighted by molar-refractivity contribution is -0.884. The number of carboxylic acids is 1. The van der Waals surface area contributed by atoms with E-state index in [-0.39, 0.29) is 18.4 Å². The number of ether oxygens (including phenoxy) is 2. The first-order valence-electron chi connectivity index (χ1n) is 16.1. The molecule has 0 spiro atoms. The van der Waals surface area contributed by atoms with Crippen molar-refractivity contribution in [3.05, 3.63) is 89.0 Å². The molecule has 1 amide bonds. The lowest BCUT2D eigenvalue weighted by atomic mass is 9.82. The first-order chi connectivity index (χ1) is 21.6. The molecule has 2 heterocycles. The van der Waals surface area contributed by atoms with Gasteiger partial charge in [0.2, 0.25) is 5.91 Å². The zero-order valence-electron chi connectivity index (χ0n) is 27.4. The number of methoxy groups -OCH3 is 1. The van der Waals surface area contributed by atoms with Crippen LogP contribution in [0.2, 0.25) is 0 Å². The summed E-state index contributed by atoms with van der Waals surface area (Å²) >= 11 is 0. The number of nitrogens with zero attached hydrogens (tertiary/aromatic N) is 3. The van der Waals surface area contributed by atoms with Gasteiger partial charge < -0.3 is 24.0 Å². The molecule has 0 saturated carbocycles. The lowest BCUT2D eigenvalue weighted by Gasteiger charge is -2.30. The molecule has 240 valence electrons.